The number of hydrogen-bond acceptors (Lipinski definition) is 4. The highest BCUT2D eigenvalue weighted by atomic mass is 16.7. The molecule has 0 spiro atoms. The first-order valence-corrected chi connectivity index (χ1v) is 13.3. The molecule has 36 heavy (non-hydrogen) atoms. The van der Waals surface area contributed by atoms with E-state index in [4.69, 9.17) is 14.2 Å². The highest BCUT2D eigenvalue weighted by Gasteiger charge is 2.52. The van der Waals surface area contributed by atoms with Crippen LogP contribution >= 0.6 is 0 Å². The lowest BCUT2D eigenvalue weighted by Gasteiger charge is -2.57. The van der Waals surface area contributed by atoms with E-state index in [0.29, 0.717) is 12.0 Å². The molecule has 0 amide bonds. The largest absolute Gasteiger partial charge is 0.478 e. The Kier molecular flexibility index (Phi) is 7.23. The molecule has 0 radical (unpaired) electrons. The minimum Gasteiger partial charge on any atom is -0.478 e. The van der Waals surface area contributed by atoms with Crippen LogP contribution in [0.3, 0.4) is 0 Å². The number of aryl methyl sites for hydroxylation is 1. The van der Waals surface area contributed by atoms with Crippen molar-refractivity contribution in [3.8, 4) is 5.75 Å². The second-order valence-corrected chi connectivity index (χ2v) is 11.1. The number of carboxylic acids is 1. The zero-order valence-corrected chi connectivity index (χ0v) is 21.7. The van der Waals surface area contributed by atoms with E-state index in [9.17, 15) is 9.90 Å². The van der Waals surface area contributed by atoms with Gasteiger partial charge in [0.1, 0.15) is 5.75 Å². The summed E-state index contributed by atoms with van der Waals surface area (Å²) >= 11 is 0. The lowest BCUT2D eigenvalue weighted by Crippen LogP contribution is -2.48. The second kappa shape index (κ2) is 10.4. The van der Waals surface area contributed by atoms with E-state index >= 15 is 0 Å². The Morgan fingerprint density at radius 1 is 1.03 bits per heavy atom. The van der Waals surface area contributed by atoms with Gasteiger partial charge in [-0.1, -0.05) is 37.3 Å². The molecular weight excluding hydrogens is 452 g/mol. The van der Waals surface area contributed by atoms with E-state index in [1.54, 1.807) is 13.2 Å². The summed E-state index contributed by atoms with van der Waals surface area (Å²) in [6, 6.07) is 12.1. The average Bonchev–Trinajstić information content (AvgIpc) is 2.86. The molecule has 4 saturated carbocycles. The lowest BCUT2D eigenvalue weighted by atomic mass is 9.48. The Labute approximate surface area is 214 Å². The third-order valence-electron chi connectivity index (χ3n) is 8.67. The molecule has 192 valence electrons. The number of carboxylic acid groups (broad SMARTS) is 1. The van der Waals surface area contributed by atoms with Crippen LogP contribution in [-0.4, -0.2) is 31.3 Å². The van der Waals surface area contributed by atoms with Gasteiger partial charge in [0.25, 0.3) is 0 Å². The van der Waals surface area contributed by atoms with E-state index in [1.165, 1.54) is 44.1 Å². The van der Waals surface area contributed by atoms with Crippen molar-refractivity contribution >= 4 is 18.1 Å². The molecular formula is C31H38O5. The molecule has 1 unspecified atom stereocenters. The Balaban J connectivity index is 1.44. The van der Waals surface area contributed by atoms with E-state index in [-0.39, 0.29) is 18.5 Å². The highest BCUT2D eigenvalue weighted by Crippen LogP contribution is 2.62. The van der Waals surface area contributed by atoms with Gasteiger partial charge in [-0.3, -0.25) is 0 Å². The van der Waals surface area contributed by atoms with Crippen molar-refractivity contribution in [3.63, 3.8) is 0 Å². The monoisotopic (exact) mass is 490 g/mol. The fourth-order valence-electron chi connectivity index (χ4n) is 7.30. The van der Waals surface area contributed by atoms with Gasteiger partial charge in [-0.2, -0.15) is 0 Å². The first kappa shape index (κ1) is 25.0. The third-order valence-corrected chi connectivity index (χ3v) is 8.67. The molecule has 0 aromatic heterocycles. The topological polar surface area (TPSA) is 65.0 Å². The molecule has 0 aliphatic heterocycles. The molecule has 4 fully saturated rings. The molecule has 2 aromatic carbocycles. The van der Waals surface area contributed by atoms with Crippen molar-refractivity contribution in [3.05, 3.63) is 64.2 Å². The van der Waals surface area contributed by atoms with Crippen LogP contribution in [0.2, 0.25) is 0 Å². The molecule has 1 N–H and O–H groups in total. The minimum atomic E-state index is -0.873. The summed E-state index contributed by atoms with van der Waals surface area (Å²) in [6.07, 6.45) is 12.6. The molecule has 1 atom stereocenters. The fourth-order valence-corrected chi connectivity index (χ4v) is 7.30. The number of rotatable bonds is 10. The van der Waals surface area contributed by atoms with Gasteiger partial charge in [0.05, 0.1) is 5.56 Å². The van der Waals surface area contributed by atoms with Crippen LogP contribution in [-0.2, 0) is 21.3 Å². The maximum Gasteiger partial charge on any atom is 0.335 e. The predicted molar refractivity (Wildman–Crippen MR) is 141 cm³/mol. The molecule has 2 aromatic rings. The van der Waals surface area contributed by atoms with E-state index < -0.39 is 5.97 Å². The summed E-state index contributed by atoms with van der Waals surface area (Å²) in [4.78, 5) is 11.5. The number of benzene rings is 2. The van der Waals surface area contributed by atoms with Crippen LogP contribution in [0.4, 0.5) is 0 Å². The predicted octanol–water partition coefficient (Wildman–Crippen LogP) is 6.93. The minimum absolute atomic E-state index is 0.166. The van der Waals surface area contributed by atoms with Gasteiger partial charge in [-0.15, -0.1) is 0 Å². The molecule has 4 aliphatic rings. The van der Waals surface area contributed by atoms with Crippen LogP contribution in [0.15, 0.2) is 36.4 Å². The van der Waals surface area contributed by atoms with Crippen molar-refractivity contribution in [2.45, 2.75) is 70.5 Å². The summed E-state index contributed by atoms with van der Waals surface area (Å²) in [5.74, 6) is 2.58. The average molecular weight is 491 g/mol. The van der Waals surface area contributed by atoms with Crippen LogP contribution in [0.1, 0.15) is 85.0 Å². The van der Waals surface area contributed by atoms with Crippen molar-refractivity contribution in [1.29, 1.82) is 0 Å². The normalized spacial score (nSPS) is 27.5. The number of aromatic carboxylic acids is 1. The first-order chi connectivity index (χ1) is 17.4. The standard InChI is InChI=1S/C31H38O5/c1-4-26-14-21(7-9-27(26)30(32)33)5-6-22-8-10-29(36-19-35-20(2)34-3)28(15-22)31-16-23-11-24(17-31)13-25(12-23)18-31/h5-10,14-15,20,23-25H,4,11-13,16-19H2,1-3H3,(H,32,33). The van der Waals surface area contributed by atoms with Crippen LogP contribution in [0, 0.1) is 17.8 Å². The van der Waals surface area contributed by atoms with E-state index in [0.717, 1.165) is 40.2 Å². The SMILES string of the molecule is CCc1cc(C=Cc2ccc(OCOC(C)OC)c(C34CC5CC(CC(C5)C3)C4)c2)ccc1C(=O)O. The van der Waals surface area contributed by atoms with E-state index in [2.05, 4.69) is 30.4 Å². The number of carbonyl (C=O) groups is 1. The van der Waals surface area contributed by atoms with Crippen molar-refractivity contribution < 1.29 is 24.1 Å². The molecule has 0 saturated heterocycles. The summed E-state index contributed by atoms with van der Waals surface area (Å²) in [5, 5.41) is 9.43. The van der Waals surface area contributed by atoms with Gasteiger partial charge in [-0.05, 0) is 110 Å². The van der Waals surface area contributed by atoms with Crippen LogP contribution in [0.25, 0.3) is 12.2 Å². The molecule has 6 rings (SSSR count). The van der Waals surface area contributed by atoms with Crippen molar-refractivity contribution in [2.24, 2.45) is 17.8 Å². The maximum atomic E-state index is 11.5. The summed E-state index contributed by atoms with van der Waals surface area (Å²) in [5.41, 5.74) is 4.90. The van der Waals surface area contributed by atoms with Crippen LogP contribution in [0.5, 0.6) is 5.75 Å². The van der Waals surface area contributed by atoms with Crippen LogP contribution < -0.4 is 4.74 Å². The number of hydrogen-bond donors (Lipinski definition) is 1. The molecule has 0 heterocycles. The Morgan fingerprint density at radius 3 is 2.22 bits per heavy atom. The maximum absolute atomic E-state index is 11.5. The van der Waals surface area contributed by atoms with Crippen molar-refractivity contribution in [1.82, 2.24) is 0 Å². The third kappa shape index (κ3) is 5.09. The van der Waals surface area contributed by atoms with Crippen molar-refractivity contribution in [2.75, 3.05) is 13.9 Å². The fraction of sp³-hybridized carbons (Fsp3) is 0.516. The Bertz CT molecular complexity index is 1100. The molecule has 4 aliphatic carbocycles. The summed E-state index contributed by atoms with van der Waals surface area (Å²) in [7, 11) is 1.63. The summed E-state index contributed by atoms with van der Waals surface area (Å²) in [6.45, 7) is 4.02. The molecule has 4 bridgehead atoms. The zero-order chi connectivity index (χ0) is 25.3. The van der Waals surface area contributed by atoms with Gasteiger partial charge in [0.2, 0.25) is 0 Å². The smallest absolute Gasteiger partial charge is 0.335 e. The Morgan fingerprint density at radius 2 is 1.64 bits per heavy atom. The number of methoxy groups -OCH3 is 1. The van der Waals surface area contributed by atoms with Gasteiger partial charge < -0.3 is 19.3 Å². The van der Waals surface area contributed by atoms with Gasteiger partial charge in [0, 0.05) is 12.7 Å². The first-order valence-electron chi connectivity index (χ1n) is 13.3. The molecule has 5 nitrogen and oxygen atoms in total. The zero-order valence-electron chi connectivity index (χ0n) is 21.7. The van der Waals surface area contributed by atoms with E-state index in [1.807, 2.05) is 26.0 Å². The van der Waals surface area contributed by atoms with Gasteiger partial charge >= 0.3 is 5.97 Å². The van der Waals surface area contributed by atoms with Gasteiger partial charge in [0.15, 0.2) is 13.1 Å². The summed E-state index contributed by atoms with van der Waals surface area (Å²) < 4.78 is 17.1. The second-order valence-electron chi connectivity index (χ2n) is 11.1. The number of ether oxygens (including phenoxy) is 3. The van der Waals surface area contributed by atoms with Gasteiger partial charge in [-0.25, -0.2) is 4.79 Å². The quantitative estimate of drug-likeness (QED) is 0.289. The Hall–Kier alpha value is -2.63. The lowest BCUT2D eigenvalue weighted by molar-refractivity contribution is -0.150. The molecule has 5 heteroatoms. The highest BCUT2D eigenvalue weighted by molar-refractivity contribution is 5.90.